The fraction of sp³-hybridized carbons (Fsp3) is 0.250. The molecule has 0 fully saturated rings. The first-order valence-electron chi connectivity index (χ1n) is 6.10. The maximum absolute atomic E-state index is 4.40. The third-order valence-corrected chi connectivity index (χ3v) is 4.98. The summed E-state index contributed by atoms with van der Waals surface area (Å²) >= 11 is 6.19. The standard InChI is InChI=1S/C16H16S2/c1-16(12-3-6-14(18-2)7-4-12)10-11-9-13(17)5-8-15(11)16/h3-9,17H,10H2,1-2H3. The van der Waals surface area contributed by atoms with Gasteiger partial charge in [0, 0.05) is 15.2 Å². The molecule has 0 bridgehead atoms. The van der Waals surface area contributed by atoms with Crippen molar-refractivity contribution < 1.29 is 0 Å². The molecule has 0 saturated carbocycles. The van der Waals surface area contributed by atoms with Crippen LogP contribution in [-0.2, 0) is 11.8 Å². The van der Waals surface area contributed by atoms with E-state index in [2.05, 4.69) is 68.3 Å². The maximum atomic E-state index is 4.40. The predicted molar refractivity (Wildman–Crippen MR) is 82.1 cm³/mol. The first kappa shape index (κ1) is 12.2. The number of hydrogen-bond donors (Lipinski definition) is 1. The zero-order valence-corrected chi connectivity index (χ0v) is 12.3. The Morgan fingerprint density at radius 1 is 1.11 bits per heavy atom. The van der Waals surface area contributed by atoms with Crippen LogP contribution in [0.3, 0.4) is 0 Å². The smallest absolute Gasteiger partial charge is 0.0217 e. The molecule has 0 N–H and O–H groups in total. The number of hydrogen-bond acceptors (Lipinski definition) is 2. The summed E-state index contributed by atoms with van der Waals surface area (Å²) < 4.78 is 0. The summed E-state index contributed by atoms with van der Waals surface area (Å²) in [6.45, 7) is 2.33. The number of thioether (sulfide) groups is 1. The molecule has 3 rings (SSSR count). The SMILES string of the molecule is CSc1ccc(C2(C)Cc3cc(S)ccc32)cc1. The molecule has 1 atom stereocenters. The van der Waals surface area contributed by atoms with E-state index in [1.54, 1.807) is 11.8 Å². The Morgan fingerprint density at radius 3 is 2.44 bits per heavy atom. The highest BCUT2D eigenvalue weighted by atomic mass is 32.2. The van der Waals surface area contributed by atoms with Gasteiger partial charge in [-0.1, -0.05) is 25.1 Å². The van der Waals surface area contributed by atoms with Crippen LogP contribution < -0.4 is 0 Å². The van der Waals surface area contributed by atoms with Crippen LogP contribution in [-0.4, -0.2) is 6.26 Å². The lowest BCUT2D eigenvalue weighted by Crippen LogP contribution is -2.36. The predicted octanol–water partition coefficient (Wildman–Crippen LogP) is 4.56. The number of rotatable bonds is 2. The molecule has 0 aliphatic heterocycles. The van der Waals surface area contributed by atoms with E-state index in [-0.39, 0.29) is 5.41 Å². The average Bonchev–Trinajstić information content (AvgIpc) is 2.37. The second-order valence-electron chi connectivity index (χ2n) is 5.08. The third-order valence-electron chi connectivity index (χ3n) is 3.95. The van der Waals surface area contributed by atoms with Crippen molar-refractivity contribution in [2.24, 2.45) is 0 Å². The zero-order chi connectivity index (χ0) is 12.8. The van der Waals surface area contributed by atoms with Gasteiger partial charge in [-0.2, -0.15) is 0 Å². The number of fused-ring (bicyclic) bond motifs is 1. The molecule has 92 valence electrons. The Hall–Kier alpha value is -0.860. The largest absolute Gasteiger partial charge is 0.143 e. The Kier molecular flexibility index (Phi) is 2.95. The van der Waals surface area contributed by atoms with Gasteiger partial charge < -0.3 is 0 Å². The van der Waals surface area contributed by atoms with Crippen molar-refractivity contribution >= 4 is 24.4 Å². The van der Waals surface area contributed by atoms with Gasteiger partial charge in [0.15, 0.2) is 0 Å². The Labute approximate surface area is 118 Å². The fourth-order valence-corrected chi connectivity index (χ4v) is 3.49. The van der Waals surface area contributed by atoms with Crippen LogP contribution in [0.1, 0.15) is 23.6 Å². The molecule has 18 heavy (non-hydrogen) atoms. The summed E-state index contributed by atoms with van der Waals surface area (Å²) in [5, 5.41) is 0. The van der Waals surface area contributed by atoms with E-state index < -0.39 is 0 Å². The van der Waals surface area contributed by atoms with Gasteiger partial charge in [0.2, 0.25) is 0 Å². The molecule has 0 heterocycles. The monoisotopic (exact) mass is 272 g/mol. The minimum Gasteiger partial charge on any atom is -0.143 e. The molecule has 2 aromatic carbocycles. The van der Waals surface area contributed by atoms with Gasteiger partial charge in [-0.25, -0.2) is 0 Å². The summed E-state index contributed by atoms with van der Waals surface area (Å²) in [7, 11) is 0. The first-order valence-corrected chi connectivity index (χ1v) is 7.77. The molecule has 2 heteroatoms. The Balaban J connectivity index is 1.99. The van der Waals surface area contributed by atoms with Gasteiger partial charge in [-0.15, -0.1) is 24.4 Å². The minimum absolute atomic E-state index is 0.188. The lowest BCUT2D eigenvalue weighted by molar-refractivity contribution is 0.494. The first-order chi connectivity index (χ1) is 8.63. The van der Waals surface area contributed by atoms with Crippen LogP contribution in [0.5, 0.6) is 0 Å². The fourth-order valence-electron chi connectivity index (χ4n) is 2.85. The van der Waals surface area contributed by atoms with Crippen LogP contribution in [0.2, 0.25) is 0 Å². The van der Waals surface area contributed by atoms with Gasteiger partial charge in [-0.3, -0.25) is 0 Å². The zero-order valence-electron chi connectivity index (χ0n) is 10.6. The van der Waals surface area contributed by atoms with E-state index in [1.165, 1.54) is 21.6 Å². The van der Waals surface area contributed by atoms with Gasteiger partial charge >= 0.3 is 0 Å². The van der Waals surface area contributed by atoms with Crippen molar-refractivity contribution in [1.82, 2.24) is 0 Å². The molecule has 1 aliphatic carbocycles. The molecule has 1 aliphatic rings. The van der Waals surface area contributed by atoms with Crippen LogP contribution in [0.4, 0.5) is 0 Å². The maximum Gasteiger partial charge on any atom is 0.0217 e. The van der Waals surface area contributed by atoms with E-state index in [0.717, 1.165) is 11.3 Å². The van der Waals surface area contributed by atoms with Crippen molar-refractivity contribution in [3.8, 4) is 0 Å². The summed E-state index contributed by atoms with van der Waals surface area (Å²) in [6.07, 6.45) is 3.24. The second-order valence-corrected chi connectivity index (χ2v) is 6.47. The molecule has 0 spiro atoms. The van der Waals surface area contributed by atoms with E-state index in [4.69, 9.17) is 0 Å². The lowest BCUT2D eigenvalue weighted by atomic mass is 9.62. The van der Waals surface area contributed by atoms with Gasteiger partial charge in [0.25, 0.3) is 0 Å². The quantitative estimate of drug-likeness (QED) is 0.618. The highest BCUT2D eigenvalue weighted by Gasteiger charge is 2.39. The van der Waals surface area contributed by atoms with Crippen molar-refractivity contribution in [3.05, 3.63) is 59.2 Å². The van der Waals surface area contributed by atoms with Crippen molar-refractivity contribution in [2.75, 3.05) is 6.26 Å². The summed E-state index contributed by atoms with van der Waals surface area (Å²) in [5.74, 6) is 0. The van der Waals surface area contributed by atoms with E-state index in [1.807, 2.05) is 0 Å². The van der Waals surface area contributed by atoms with Crippen LogP contribution >= 0.6 is 24.4 Å². The average molecular weight is 272 g/mol. The summed E-state index contributed by atoms with van der Waals surface area (Å²) in [6, 6.07) is 15.5. The molecular formula is C16H16S2. The molecule has 0 nitrogen and oxygen atoms in total. The van der Waals surface area contributed by atoms with Gasteiger partial charge in [0.05, 0.1) is 0 Å². The van der Waals surface area contributed by atoms with Crippen LogP contribution in [0.25, 0.3) is 0 Å². The van der Waals surface area contributed by atoms with E-state index in [9.17, 15) is 0 Å². The van der Waals surface area contributed by atoms with Gasteiger partial charge in [-0.05, 0) is 53.6 Å². The highest BCUT2D eigenvalue weighted by Crippen LogP contribution is 2.46. The molecule has 0 saturated heterocycles. The van der Waals surface area contributed by atoms with Crippen molar-refractivity contribution in [1.29, 1.82) is 0 Å². The summed E-state index contributed by atoms with van der Waals surface area (Å²) in [5.41, 5.74) is 4.50. The topological polar surface area (TPSA) is 0 Å². The van der Waals surface area contributed by atoms with Crippen LogP contribution in [0.15, 0.2) is 52.3 Å². The van der Waals surface area contributed by atoms with Crippen molar-refractivity contribution in [3.63, 3.8) is 0 Å². The number of thiol groups is 1. The minimum atomic E-state index is 0.188. The number of benzene rings is 2. The lowest BCUT2D eigenvalue weighted by Gasteiger charge is -2.42. The Bertz CT molecular complexity index is 587. The summed E-state index contributed by atoms with van der Waals surface area (Å²) in [4.78, 5) is 2.39. The molecule has 0 radical (unpaired) electrons. The van der Waals surface area contributed by atoms with Gasteiger partial charge in [0.1, 0.15) is 0 Å². The van der Waals surface area contributed by atoms with Crippen LogP contribution in [0, 0.1) is 0 Å². The molecular weight excluding hydrogens is 256 g/mol. The molecule has 0 amide bonds. The highest BCUT2D eigenvalue weighted by molar-refractivity contribution is 7.98. The van der Waals surface area contributed by atoms with Crippen molar-refractivity contribution in [2.45, 2.75) is 28.6 Å². The molecule has 2 aromatic rings. The second kappa shape index (κ2) is 4.36. The third kappa shape index (κ3) is 1.79. The Morgan fingerprint density at radius 2 is 1.83 bits per heavy atom. The molecule has 1 unspecified atom stereocenters. The molecule has 0 aromatic heterocycles. The van der Waals surface area contributed by atoms with E-state index >= 15 is 0 Å². The normalized spacial score (nSPS) is 21.3. The van der Waals surface area contributed by atoms with E-state index in [0.29, 0.717) is 0 Å².